The number of carbonyl (C=O) groups excluding carboxylic acids is 2. The monoisotopic (exact) mass is 392 g/mol. The van der Waals surface area contributed by atoms with Crippen LogP contribution in [0.1, 0.15) is 27.2 Å². The number of aryl methyl sites for hydroxylation is 1. The molecular formula is C18H24N4O4S. The first kappa shape index (κ1) is 19.3. The molecule has 2 aromatic heterocycles. The molecule has 2 aromatic rings. The number of amides is 2. The van der Waals surface area contributed by atoms with Crippen LogP contribution in [-0.4, -0.2) is 63.1 Å². The Balaban J connectivity index is 1.51. The van der Waals surface area contributed by atoms with E-state index in [2.05, 4.69) is 4.98 Å². The molecule has 0 bridgehead atoms. The van der Waals surface area contributed by atoms with Gasteiger partial charge in [-0.1, -0.05) is 0 Å². The molecule has 0 spiro atoms. The average Bonchev–Trinajstić information content (AvgIpc) is 3.09. The van der Waals surface area contributed by atoms with Crippen molar-refractivity contribution >= 4 is 33.6 Å². The number of thiophene rings is 1. The Morgan fingerprint density at radius 2 is 1.85 bits per heavy atom. The van der Waals surface area contributed by atoms with Crippen LogP contribution in [0.5, 0.6) is 0 Å². The largest absolute Gasteiger partial charge is 0.444 e. The lowest BCUT2D eigenvalue weighted by Crippen LogP contribution is -2.51. The highest BCUT2D eigenvalue weighted by atomic mass is 32.1. The zero-order valence-corrected chi connectivity index (χ0v) is 16.6. The molecule has 9 heteroatoms. The van der Waals surface area contributed by atoms with Crippen LogP contribution in [0.15, 0.2) is 22.6 Å². The van der Waals surface area contributed by atoms with E-state index in [1.807, 2.05) is 26.2 Å². The fourth-order valence-electron chi connectivity index (χ4n) is 2.89. The first-order valence-electron chi connectivity index (χ1n) is 8.93. The fraction of sp³-hybridized carbons (Fsp3) is 0.556. The zero-order valence-electron chi connectivity index (χ0n) is 15.8. The summed E-state index contributed by atoms with van der Waals surface area (Å²) < 4.78 is 6.84. The summed E-state index contributed by atoms with van der Waals surface area (Å²) in [5.74, 6) is -0.0313. The van der Waals surface area contributed by atoms with Crippen LogP contribution in [0.2, 0.25) is 0 Å². The Labute approximate surface area is 161 Å². The lowest BCUT2D eigenvalue weighted by Gasteiger charge is -2.35. The van der Waals surface area contributed by atoms with E-state index < -0.39 is 5.60 Å². The molecule has 0 unspecified atom stereocenters. The van der Waals surface area contributed by atoms with Gasteiger partial charge in [0.2, 0.25) is 5.91 Å². The minimum absolute atomic E-state index is 0.0313. The highest BCUT2D eigenvalue weighted by Gasteiger charge is 2.27. The second-order valence-corrected chi connectivity index (χ2v) is 8.38. The predicted molar refractivity (Wildman–Crippen MR) is 103 cm³/mol. The van der Waals surface area contributed by atoms with Gasteiger partial charge in [0.1, 0.15) is 10.4 Å². The summed E-state index contributed by atoms with van der Waals surface area (Å²) in [5, 5.41) is 2.42. The van der Waals surface area contributed by atoms with E-state index in [4.69, 9.17) is 4.74 Å². The summed E-state index contributed by atoms with van der Waals surface area (Å²) in [6.45, 7) is 7.61. The molecule has 2 amide bonds. The van der Waals surface area contributed by atoms with Crippen LogP contribution in [-0.2, 0) is 16.1 Å². The molecule has 0 saturated carbocycles. The number of hydrogen-bond acceptors (Lipinski definition) is 6. The van der Waals surface area contributed by atoms with Crippen molar-refractivity contribution in [2.75, 3.05) is 26.2 Å². The van der Waals surface area contributed by atoms with Crippen molar-refractivity contribution in [2.24, 2.45) is 0 Å². The Morgan fingerprint density at radius 1 is 1.19 bits per heavy atom. The number of hydrogen-bond donors (Lipinski definition) is 0. The van der Waals surface area contributed by atoms with Gasteiger partial charge in [-0.15, -0.1) is 11.3 Å². The highest BCUT2D eigenvalue weighted by molar-refractivity contribution is 7.16. The second-order valence-electron chi connectivity index (χ2n) is 7.48. The number of nitrogens with zero attached hydrogens (tertiary/aromatic N) is 4. The van der Waals surface area contributed by atoms with E-state index in [1.54, 1.807) is 15.9 Å². The number of ether oxygens (including phenoxy) is 1. The Hall–Kier alpha value is -2.42. The summed E-state index contributed by atoms with van der Waals surface area (Å²) in [6.07, 6.45) is 1.37. The van der Waals surface area contributed by atoms with Gasteiger partial charge < -0.3 is 14.5 Å². The second kappa shape index (κ2) is 7.67. The summed E-state index contributed by atoms with van der Waals surface area (Å²) in [5.41, 5.74) is -0.654. The normalized spacial score (nSPS) is 15.2. The molecule has 27 heavy (non-hydrogen) atoms. The van der Waals surface area contributed by atoms with E-state index in [0.717, 1.165) is 0 Å². The topological polar surface area (TPSA) is 84.7 Å². The molecule has 0 atom stereocenters. The third-order valence-electron chi connectivity index (χ3n) is 4.30. The molecule has 1 saturated heterocycles. The number of rotatable bonds is 3. The molecule has 0 aromatic carbocycles. The lowest BCUT2D eigenvalue weighted by atomic mass is 10.2. The van der Waals surface area contributed by atoms with E-state index in [9.17, 15) is 14.4 Å². The standard InChI is InChI=1S/C18H24N4O4S/c1-18(2,3)26-17(25)21-9-7-20(8-10-21)14(23)4-6-22-12-19-15-13(16(22)24)5-11-27-15/h5,11-12H,4,6-10H2,1-3H3. The maximum Gasteiger partial charge on any atom is 0.410 e. The molecule has 0 radical (unpaired) electrons. The molecule has 0 N–H and O–H groups in total. The molecule has 0 aliphatic carbocycles. The van der Waals surface area contributed by atoms with Crippen LogP contribution in [0.3, 0.4) is 0 Å². The minimum atomic E-state index is -0.533. The van der Waals surface area contributed by atoms with E-state index in [1.165, 1.54) is 22.2 Å². The quantitative estimate of drug-likeness (QED) is 0.797. The number of fused-ring (bicyclic) bond motifs is 1. The molecular weight excluding hydrogens is 368 g/mol. The molecule has 1 aliphatic rings. The van der Waals surface area contributed by atoms with Gasteiger partial charge in [0.25, 0.3) is 5.56 Å². The predicted octanol–water partition coefficient (Wildman–Crippen LogP) is 1.93. The van der Waals surface area contributed by atoms with Crippen molar-refractivity contribution in [1.29, 1.82) is 0 Å². The van der Waals surface area contributed by atoms with Gasteiger partial charge in [-0.3, -0.25) is 14.2 Å². The van der Waals surface area contributed by atoms with Crippen LogP contribution >= 0.6 is 11.3 Å². The van der Waals surface area contributed by atoms with Gasteiger partial charge in [-0.25, -0.2) is 9.78 Å². The van der Waals surface area contributed by atoms with Crippen molar-refractivity contribution in [2.45, 2.75) is 39.3 Å². The van der Waals surface area contributed by atoms with Crippen molar-refractivity contribution < 1.29 is 14.3 Å². The maximum atomic E-state index is 12.5. The lowest BCUT2D eigenvalue weighted by molar-refractivity contribution is -0.133. The Kier molecular flexibility index (Phi) is 5.50. The van der Waals surface area contributed by atoms with E-state index >= 15 is 0 Å². The van der Waals surface area contributed by atoms with Crippen LogP contribution in [0.4, 0.5) is 4.79 Å². The van der Waals surface area contributed by atoms with Gasteiger partial charge in [-0.2, -0.15) is 0 Å². The third-order valence-corrected chi connectivity index (χ3v) is 5.12. The molecule has 1 aliphatic heterocycles. The fourth-order valence-corrected chi connectivity index (χ4v) is 3.62. The molecule has 1 fully saturated rings. The third kappa shape index (κ3) is 4.65. The summed E-state index contributed by atoms with van der Waals surface area (Å²) in [6, 6.07) is 1.75. The molecule has 146 valence electrons. The maximum absolute atomic E-state index is 12.5. The van der Waals surface area contributed by atoms with Crippen LogP contribution in [0, 0.1) is 0 Å². The van der Waals surface area contributed by atoms with Crippen molar-refractivity contribution in [1.82, 2.24) is 19.4 Å². The molecule has 8 nitrogen and oxygen atoms in total. The average molecular weight is 392 g/mol. The number of aromatic nitrogens is 2. The minimum Gasteiger partial charge on any atom is -0.444 e. The van der Waals surface area contributed by atoms with Crippen molar-refractivity contribution in [3.05, 3.63) is 28.1 Å². The van der Waals surface area contributed by atoms with Crippen LogP contribution in [0.25, 0.3) is 10.2 Å². The first-order chi connectivity index (χ1) is 12.7. The van der Waals surface area contributed by atoms with Crippen LogP contribution < -0.4 is 5.56 Å². The van der Waals surface area contributed by atoms with Gasteiger partial charge in [-0.05, 0) is 32.2 Å². The summed E-state index contributed by atoms with van der Waals surface area (Å²) in [4.78, 5) is 45.2. The van der Waals surface area contributed by atoms with Crippen molar-refractivity contribution in [3.8, 4) is 0 Å². The zero-order chi connectivity index (χ0) is 19.6. The van der Waals surface area contributed by atoms with Gasteiger partial charge in [0.05, 0.1) is 11.7 Å². The highest BCUT2D eigenvalue weighted by Crippen LogP contribution is 2.14. The number of carbonyl (C=O) groups is 2. The Bertz CT molecular complexity index is 891. The number of piperazine rings is 1. The summed E-state index contributed by atoms with van der Waals surface area (Å²) in [7, 11) is 0. The van der Waals surface area contributed by atoms with Crippen molar-refractivity contribution in [3.63, 3.8) is 0 Å². The SMILES string of the molecule is CC(C)(C)OC(=O)N1CCN(C(=O)CCn2cnc3sccc3c2=O)CC1. The molecule has 3 heterocycles. The Morgan fingerprint density at radius 3 is 2.52 bits per heavy atom. The smallest absolute Gasteiger partial charge is 0.410 e. The summed E-state index contributed by atoms with van der Waals surface area (Å²) >= 11 is 1.42. The molecule has 3 rings (SSSR count). The van der Waals surface area contributed by atoms with Gasteiger partial charge in [0, 0.05) is 39.1 Å². The van der Waals surface area contributed by atoms with Gasteiger partial charge in [0.15, 0.2) is 0 Å². The van der Waals surface area contributed by atoms with E-state index in [0.29, 0.717) is 42.9 Å². The first-order valence-corrected chi connectivity index (χ1v) is 9.81. The van der Waals surface area contributed by atoms with E-state index in [-0.39, 0.29) is 24.0 Å². The van der Waals surface area contributed by atoms with Gasteiger partial charge >= 0.3 is 6.09 Å².